The predicted octanol–water partition coefficient (Wildman–Crippen LogP) is 3.17. The number of nitrogens with one attached hydrogen (secondary N) is 3. The van der Waals surface area contributed by atoms with Crippen molar-refractivity contribution in [3.05, 3.63) is 95.0 Å². The summed E-state index contributed by atoms with van der Waals surface area (Å²) >= 11 is 6.04. The molecule has 0 aliphatic rings. The van der Waals surface area contributed by atoms with Crippen molar-refractivity contribution in [2.45, 2.75) is 6.42 Å². The second kappa shape index (κ2) is 12.8. The van der Waals surface area contributed by atoms with E-state index >= 15 is 0 Å². The van der Waals surface area contributed by atoms with Gasteiger partial charge in [-0.3, -0.25) is 14.4 Å². The lowest BCUT2D eigenvalue weighted by Crippen LogP contribution is -2.38. The van der Waals surface area contributed by atoms with Gasteiger partial charge in [-0.1, -0.05) is 66.2 Å². The van der Waals surface area contributed by atoms with E-state index in [-0.39, 0.29) is 12.5 Å². The predicted molar refractivity (Wildman–Crippen MR) is 131 cm³/mol. The maximum absolute atomic E-state index is 12.2. The highest BCUT2D eigenvalue weighted by Crippen LogP contribution is 2.20. The molecule has 0 saturated heterocycles. The molecule has 0 bridgehead atoms. The van der Waals surface area contributed by atoms with E-state index in [4.69, 9.17) is 16.3 Å². The molecule has 9 heteroatoms. The highest BCUT2D eigenvalue weighted by molar-refractivity contribution is 6.35. The number of hydrazone groups is 1. The molecule has 3 aromatic rings. The van der Waals surface area contributed by atoms with Gasteiger partial charge in [0.2, 0.25) is 0 Å². The van der Waals surface area contributed by atoms with E-state index in [1.54, 1.807) is 48.5 Å². The topological polar surface area (TPSA) is 109 Å². The van der Waals surface area contributed by atoms with Crippen LogP contribution in [0.1, 0.15) is 11.1 Å². The summed E-state index contributed by atoms with van der Waals surface area (Å²) in [7, 11) is 0. The minimum absolute atomic E-state index is 0.258. The van der Waals surface area contributed by atoms with Crippen LogP contribution in [0.5, 0.6) is 5.75 Å². The van der Waals surface area contributed by atoms with Crippen LogP contribution < -0.4 is 20.8 Å². The fourth-order valence-corrected chi connectivity index (χ4v) is 3.05. The number of carbonyl (C=O) groups excluding carboxylic acids is 3. The van der Waals surface area contributed by atoms with E-state index in [0.29, 0.717) is 35.0 Å². The first kappa shape index (κ1) is 24.5. The van der Waals surface area contributed by atoms with Gasteiger partial charge in [0, 0.05) is 12.1 Å². The first-order valence-electron chi connectivity index (χ1n) is 10.4. The number of hydrogen-bond acceptors (Lipinski definition) is 5. The van der Waals surface area contributed by atoms with Crippen molar-refractivity contribution in [2.75, 3.05) is 18.5 Å². The van der Waals surface area contributed by atoms with Crippen LogP contribution in [0.3, 0.4) is 0 Å². The smallest absolute Gasteiger partial charge is 0.329 e. The number of amides is 3. The third-order valence-corrected chi connectivity index (χ3v) is 4.87. The van der Waals surface area contributed by atoms with Crippen LogP contribution >= 0.6 is 11.6 Å². The molecule has 0 saturated carbocycles. The van der Waals surface area contributed by atoms with Crippen molar-refractivity contribution in [3.8, 4) is 5.75 Å². The zero-order valence-electron chi connectivity index (χ0n) is 18.2. The number of carbonyl (C=O) groups is 3. The van der Waals surface area contributed by atoms with Crippen molar-refractivity contribution < 1.29 is 19.1 Å². The Bertz CT molecular complexity index is 1170. The molecule has 3 aromatic carbocycles. The van der Waals surface area contributed by atoms with Crippen LogP contribution in [0.2, 0.25) is 5.02 Å². The maximum atomic E-state index is 12.2. The van der Waals surface area contributed by atoms with Crippen molar-refractivity contribution >= 4 is 41.2 Å². The number of anilines is 1. The van der Waals surface area contributed by atoms with Crippen LogP contribution in [0.4, 0.5) is 5.69 Å². The Balaban J connectivity index is 1.46. The molecule has 0 radical (unpaired) electrons. The van der Waals surface area contributed by atoms with Gasteiger partial charge in [0.1, 0.15) is 5.75 Å². The third kappa shape index (κ3) is 7.75. The fraction of sp³-hybridized carbons (Fsp3) is 0.120. The SMILES string of the molecule is O=C(COc1ccccc1/C=N\NC(=O)C(=O)NCCc1ccccc1)Nc1ccccc1Cl. The number of rotatable bonds is 9. The van der Waals surface area contributed by atoms with Gasteiger partial charge in [-0.2, -0.15) is 5.10 Å². The molecule has 0 fully saturated rings. The largest absolute Gasteiger partial charge is 0.483 e. The van der Waals surface area contributed by atoms with Gasteiger partial charge >= 0.3 is 11.8 Å². The van der Waals surface area contributed by atoms with Crippen LogP contribution in [0.25, 0.3) is 0 Å². The Kier molecular flexibility index (Phi) is 9.19. The molecular formula is C25H23ClN4O4. The molecule has 0 aliphatic carbocycles. The molecule has 174 valence electrons. The third-order valence-electron chi connectivity index (χ3n) is 4.54. The average Bonchev–Trinajstić information content (AvgIpc) is 2.85. The number of ether oxygens (including phenoxy) is 1. The van der Waals surface area contributed by atoms with Gasteiger partial charge in [-0.15, -0.1) is 0 Å². The Hall–Kier alpha value is -4.17. The highest BCUT2D eigenvalue weighted by atomic mass is 35.5. The lowest BCUT2D eigenvalue weighted by atomic mass is 10.1. The standard InChI is InChI=1S/C25H23ClN4O4/c26-20-11-5-6-12-21(20)29-23(31)17-34-22-13-7-4-10-19(22)16-28-30-25(33)24(32)27-15-14-18-8-2-1-3-9-18/h1-13,16H,14-15,17H2,(H,27,32)(H,29,31)(H,30,33)/b28-16-. The van der Waals surface area contributed by atoms with Gasteiger partial charge in [-0.25, -0.2) is 5.43 Å². The molecule has 34 heavy (non-hydrogen) atoms. The second-order valence-corrected chi connectivity index (χ2v) is 7.45. The number of nitrogens with zero attached hydrogens (tertiary/aromatic N) is 1. The van der Waals surface area contributed by atoms with Gasteiger partial charge in [-0.05, 0) is 36.2 Å². The van der Waals surface area contributed by atoms with Gasteiger partial charge in [0.15, 0.2) is 6.61 Å². The quantitative estimate of drug-likeness (QED) is 0.249. The van der Waals surface area contributed by atoms with Crippen LogP contribution in [0.15, 0.2) is 84.0 Å². The zero-order valence-corrected chi connectivity index (χ0v) is 18.9. The maximum Gasteiger partial charge on any atom is 0.329 e. The second-order valence-electron chi connectivity index (χ2n) is 7.05. The first-order chi connectivity index (χ1) is 16.5. The van der Waals surface area contributed by atoms with Crippen molar-refractivity contribution in [1.82, 2.24) is 10.7 Å². The minimum atomic E-state index is -0.887. The monoisotopic (exact) mass is 478 g/mol. The Labute approximate surface area is 202 Å². The van der Waals surface area contributed by atoms with Gasteiger partial charge in [0.05, 0.1) is 16.9 Å². The summed E-state index contributed by atoms with van der Waals surface area (Å²) < 4.78 is 5.57. The number of benzene rings is 3. The summed E-state index contributed by atoms with van der Waals surface area (Å²) in [6, 6.07) is 23.3. The molecular weight excluding hydrogens is 456 g/mol. The Morgan fingerprint density at radius 1 is 0.882 bits per heavy atom. The lowest BCUT2D eigenvalue weighted by Gasteiger charge is -2.10. The molecule has 3 rings (SSSR count). The molecule has 0 atom stereocenters. The van der Waals surface area contributed by atoms with Crippen LogP contribution in [-0.4, -0.2) is 37.1 Å². The summed E-state index contributed by atoms with van der Waals surface area (Å²) in [6.45, 7) is 0.0686. The Morgan fingerprint density at radius 2 is 1.59 bits per heavy atom. The zero-order chi connectivity index (χ0) is 24.2. The van der Waals surface area contributed by atoms with Crippen molar-refractivity contribution in [2.24, 2.45) is 5.10 Å². The van der Waals surface area contributed by atoms with E-state index in [0.717, 1.165) is 5.56 Å². The van der Waals surface area contributed by atoms with Gasteiger partial charge in [0.25, 0.3) is 5.91 Å². The molecule has 0 aliphatic heterocycles. The summed E-state index contributed by atoms with van der Waals surface area (Å²) in [5.74, 6) is -1.68. The van der Waals surface area contributed by atoms with E-state index < -0.39 is 11.8 Å². The summed E-state index contributed by atoms with van der Waals surface area (Å²) in [5, 5.41) is 9.44. The summed E-state index contributed by atoms with van der Waals surface area (Å²) in [4.78, 5) is 36.0. The van der Waals surface area contributed by atoms with Crippen LogP contribution in [-0.2, 0) is 20.8 Å². The minimum Gasteiger partial charge on any atom is -0.483 e. The molecule has 0 unspecified atom stereocenters. The first-order valence-corrected chi connectivity index (χ1v) is 10.8. The van der Waals surface area contributed by atoms with E-state index in [2.05, 4.69) is 21.2 Å². The molecule has 3 amide bonds. The molecule has 8 nitrogen and oxygen atoms in total. The van der Waals surface area contributed by atoms with E-state index in [1.807, 2.05) is 30.3 Å². The van der Waals surface area contributed by atoms with E-state index in [9.17, 15) is 14.4 Å². The molecule has 0 aromatic heterocycles. The van der Waals surface area contributed by atoms with E-state index in [1.165, 1.54) is 6.21 Å². The normalized spacial score (nSPS) is 10.5. The highest BCUT2D eigenvalue weighted by Gasteiger charge is 2.12. The number of para-hydroxylation sites is 2. The average molecular weight is 479 g/mol. The molecule has 3 N–H and O–H groups in total. The fourth-order valence-electron chi connectivity index (χ4n) is 2.87. The Morgan fingerprint density at radius 3 is 2.38 bits per heavy atom. The lowest BCUT2D eigenvalue weighted by molar-refractivity contribution is -0.139. The number of halogens is 1. The van der Waals surface area contributed by atoms with Crippen molar-refractivity contribution in [1.29, 1.82) is 0 Å². The summed E-state index contributed by atoms with van der Waals surface area (Å²) in [6.07, 6.45) is 1.94. The van der Waals surface area contributed by atoms with Gasteiger partial charge < -0.3 is 15.4 Å². The summed E-state index contributed by atoms with van der Waals surface area (Å²) in [5.41, 5.74) is 4.23. The molecule has 0 heterocycles. The van der Waals surface area contributed by atoms with Crippen LogP contribution in [0, 0.1) is 0 Å². The molecule has 0 spiro atoms. The van der Waals surface area contributed by atoms with Crippen molar-refractivity contribution in [3.63, 3.8) is 0 Å². The number of hydrogen-bond donors (Lipinski definition) is 3.